The lowest BCUT2D eigenvalue weighted by Gasteiger charge is -2.30. The van der Waals surface area contributed by atoms with E-state index in [1.807, 2.05) is 0 Å². The number of sulfonamides is 1. The lowest BCUT2D eigenvalue weighted by molar-refractivity contribution is -0.141. The van der Waals surface area contributed by atoms with Gasteiger partial charge in [-0.05, 0) is 52.7 Å². The summed E-state index contributed by atoms with van der Waals surface area (Å²) in [6, 6.07) is 4.02. The summed E-state index contributed by atoms with van der Waals surface area (Å²) in [5.74, 6) is -1.66. The molecule has 0 fully saturated rings. The number of amides is 1. The quantitative estimate of drug-likeness (QED) is 0.318. The van der Waals surface area contributed by atoms with E-state index >= 15 is 0 Å². The Bertz CT molecular complexity index is 855. The molecule has 29 heavy (non-hydrogen) atoms. The van der Waals surface area contributed by atoms with E-state index in [4.69, 9.17) is 16.2 Å². The molecule has 0 heterocycles. The summed E-state index contributed by atoms with van der Waals surface area (Å²) < 4.78 is 31.8. The van der Waals surface area contributed by atoms with Crippen molar-refractivity contribution in [3.05, 3.63) is 29.8 Å². The minimum absolute atomic E-state index is 0.0822. The Balaban J connectivity index is 3.36. The standard InChI is InChI=1S/C18H28N4O6S/c1-12-7-9-13(10-8-12)29(26,27)22(17(25)28-18(2,3)4)14(15(23)24)6-5-11-21-16(19)20/h7-10,14H,5-6,11H2,1-4H3,(H,23,24)(H4,19,20,21). The number of aliphatic carboxylic acids is 1. The first kappa shape index (κ1) is 24.2. The fourth-order valence-electron chi connectivity index (χ4n) is 2.36. The Kier molecular flexibility index (Phi) is 8.01. The van der Waals surface area contributed by atoms with Crippen molar-refractivity contribution in [1.29, 1.82) is 0 Å². The zero-order valence-electron chi connectivity index (χ0n) is 17.0. The van der Waals surface area contributed by atoms with Crippen molar-refractivity contribution in [2.75, 3.05) is 6.54 Å². The number of carbonyl (C=O) groups is 2. The summed E-state index contributed by atoms with van der Waals surface area (Å²) in [5.41, 5.74) is 10.2. The smallest absolute Gasteiger partial charge is 0.425 e. The highest BCUT2D eigenvalue weighted by molar-refractivity contribution is 7.89. The summed E-state index contributed by atoms with van der Waals surface area (Å²) in [4.78, 5) is 28.1. The second-order valence-electron chi connectivity index (χ2n) is 7.40. The maximum Gasteiger partial charge on any atom is 0.425 e. The average molecular weight is 429 g/mol. The molecule has 1 aromatic carbocycles. The number of ether oxygens (including phenoxy) is 1. The van der Waals surface area contributed by atoms with Crippen LogP contribution in [0.15, 0.2) is 34.2 Å². The van der Waals surface area contributed by atoms with Gasteiger partial charge in [-0.15, -0.1) is 0 Å². The van der Waals surface area contributed by atoms with Crippen molar-refractivity contribution in [3.8, 4) is 0 Å². The molecule has 10 nitrogen and oxygen atoms in total. The lowest BCUT2D eigenvalue weighted by atomic mass is 10.1. The van der Waals surface area contributed by atoms with Crippen LogP contribution in [0.3, 0.4) is 0 Å². The topological polar surface area (TPSA) is 165 Å². The molecule has 162 valence electrons. The predicted molar refractivity (Wildman–Crippen MR) is 108 cm³/mol. The van der Waals surface area contributed by atoms with Gasteiger partial charge in [0.2, 0.25) is 0 Å². The van der Waals surface area contributed by atoms with Crippen LogP contribution in [0.5, 0.6) is 0 Å². The van der Waals surface area contributed by atoms with E-state index in [9.17, 15) is 23.1 Å². The molecule has 0 aliphatic heterocycles. The molecule has 1 amide bonds. The van der Waals surface area contributed by atoms with E-state index in [1.165, 1.54) is 12.1 Å². The van der Waals surface area contributed by atoms with Crippen LogP contribution in [-0.4, -0.2) is 54.0 Å². The van der Waals surface area contributed by atoms with E-state index in [2.05, 4.69) is 4.99 Å². The lowest BCUT2D eigenvalue weighted by Crippen LogP contribution is -2.50. The van der Waals surface area contributed by atoms with Crippen molar-refractivity contribution in [1.82, 2.24) is 4.31 Å². The van der Waals surface area contributed by atoms with Crippen molar-refractivity contribution in [2.45, 2.75) is 57.1 Å². The second-order valence-corrected chi connectivity index (χ2v) is 9.21. The number of carboxylic acids is 1. The third-order valence-electron chi connectivity index (χ3n) is 3.65. The van der Waals surface area contributed by atoms with Gasteiger partial charge in [0.1, 0.15) is 11.6 Å². The monoisotopic (exact) mass is 428 g/mol. The van der Waals surface area contributed by atoms with Crippen LogP contribution in [0.1, 0.15) is 39.2 Å². The van der Waals surface area contributed by atoms with Crippen molar-refractivity contribution in [2.24, 2.45) is 16.5 Å². The number of hydrogen-bond donors (Lipinski definition) is 3. The second kappa shape index (κ2) is 9.59. The largest absolute Gasteiger partial charge is 0.480 e. The third-order valence-corrected chi connectivity index (χ3v) is 5.44. The number of benzene rings is 1. The SMILES string of the molecule is Cc1ccc(S(=O)(=O)N(C(=O)OC(C)(C)C)C(CCCN=C(N)N)C(=O)O)cc1. The minimum Gasteiger partial charge on any atom is -0.480 e. The molecule has 0 radical (unpaired) electrons. The van der Waals surface area contributed by atoms with Gasteiger partial charge in [0.25, 0.3) is 10.0 Å². The third kappa shape index (κ3) is 7.26. The van der Waals surface area contributed by atoms with Crippen molar-refractivity contribution < 1.29 is 27.9 Å². The van der Waals surface area contributed by atoms with Crippen LogP contribution < -0.4 is 11.5 Å². The number of guanidine groups is 1. The van der Waals surface area contributed by atoms with Crippen LogP contribution >= 0.6 is 0 Å². The molecule has 5 N–H and O–H groups in total. The number of carbonyl (C=O) groups excluding carboxylic acids is 1. The Morgan fingerprint density at radius 2 is 1.76 bits per heavy atom. The Hall–Kier alpha value is -2.82. The molecule has 1 atom stereocenters. The summed E-state index contributed by atoms with van der Waals surface area (Å²) in [7, 11) is -4.49. The highest BCUT2D eigenvalue weighted by Gasteiger charge is 2.41. The van der Waals surface area contributed by atoms with E-state index in [0.29, 0.717) is 0 Å². The van der Waals surface area contributed by atoms with Crippen LogP contribution in [-0.2, 0) is 19.6 Å². The Labute approximate surface area is 170 Å². The predicted octanol–water partition coefficient (Wildman–Crippen LogP) is 1.43. The van der Waals surface area contributed by atoms with Crippen LogP contribution in [0.4, 0.5) is 4.79 Å². The van der Waals surface area contributed by atoms with Gasteiger partial charge in [0.05, 0.1) is 4.90 Å². The molecule has 0 aromatic heterocycles. The first-order valence-corrected chi connectivity index (χ1v) is 10.3. The van der Waals surface area contributed by atoms with Gasteiger partial charge in [0.15, 0.2) is 5.96 Å². The van der Waals surface area contributed by atoms with Crippen molar-refractivity contribution >= 4 is 28.0 Å². The summed E-state index contributed by atoms with van der Waals surface area (Å²) in [5, 5.41) is 9.65. The summed E-state index contributed by atoms with van der Waals surface area (Å²) in [6.07, 6.45) is -1.33. The van der Waals surface area contributed by atoms with E-state index in [1.54, 1.807) is 39.8 Å². The normalized spacial score (nSPS) is 12.7. The molecule has 0 aliphatic carbocycles. The molecule has 0 bridgehead atoms. The number of rotatable bonds is 8. The molecule has 0 saturated carbocycles. The van der Waals surface area contributed by atoms with E-state index in [-0.39, 0.29) is 34.5 Å². The van der Waals surface area contributed by atoms with Crippen LogP contribution in [0, 0.1) is 6.92 Å². The summed E-state index contributed by atoms with van der Waals surface area (Å²) in [6.45, 7) is 6.51. The number of carboxylic acid groups (broad SMARTS) is 1. The molecule has 0 spiro atoms. The number of nitrogens with two attached hydrogens (primary N) is 2. The van der Waals surface area contributed by atoms with Gasteiger partial charge in [0, 0.05) is 6.54 Å². The molecule has 11 heteroatoms. The zero-order valence-corrected chi connectivity index (χ0v) is 17.8. The van der Waals surface area contributed by atoms with Gasteiger partial charge < -0.3 is 21.3 Å². The molecule has 0 aliphatic rings. The number of aryl methyl sites for hydroxylation is 1. The van der Waals surface area contributed by atoms with Crippen LogP contribution in [0.25, 0.3) is 0 Å². The molecular weight excluding hydrogens is 400 g/mol. The summed E-state index contributed by atoms with van der Waals surface area (Å²) >= 11 is 0. The highest BCUT2D eigenvalue weighted by atomic mass is 32.2. The maximum absolute atomic E-state index is 13.2. The van der Waals surface area contributed by atoms with Gasteiger partial charge in [-0.1, -0.05) is 17.7 Å². The highest BCUT2D eigenvalue weighted by Crippen LogP contribution is 2.24. The minimum atomic E-state index is -4.49. The van der Waals surface area contributed by atoms with E-state index < -0.39 is 33.7 Å². The van der Waals surface area contributed by atoms with E-state index in [0.717, 1.165) is 5.56 Å². The molecule has 0 saturated heterocycles. The van der Waals surface area contributed by atoms with Crippen LogP contribution in [0.2, 0.25) is 0 Å². The molecule has 1 unspecified atom stereocenters. The fraction of sp³-hybridized carbons (Fsp3) is 0.500. The average Bonchev–Trinajstić information content (AvgIpc) is 2.55. The van der Waals surface area contributed by atoms with Gasteiger partial charge in [-0.25, -0.2) is 18.0 Å². The molecule has 1 aromatic rings. The van der Waals surface area contributed by atoms with Crippen molar-refractivity contribution in [3.63, 3.8) is 0 Å². The number of hydrogen-bond acceptors (Lipinski definition) is 6. The fourth-order valence-corrected chi connectivity index (χ4v) is 3.83. The number of aliphatic imine (C=N–C) groups is 1. The Morgan fingerprint density at radius 1 is 1.21 bits per heavy atom. The number of nitrogens with zero attached hydrogens (tertiary/aromatic N) is 2. The Morgan fingerprint density at radius 3 is 2.21 bits per heavy atom. The van der Waals surface area contributed by atoms with Gasteiger partial charge in [-0.3, -0.25) is 4.99 Å². The first-order chi connectivity index (χ1) is 13.3. The first-order valence-electron chi connectivity index (χ1n) is 8.88. The van der Waals surface area contributed by atoms with Gasteiger partial charge in [-0.2, -0.15) is 4.31 Å². The van der Waals surface area contributed by atoms with Gasteiger partial charge >= 0.3 is 12.1 Å². The molecular formula is C18H28N4O6S. The molecule has 1 rings (SSSR count). The maximum atomic E-state index is 13.2. The zero-order chi connectivity index (χ0) is 22.4.